The number of aryl methyl sites for hydroxylation is 1. The SMILES string of the molecule is Cc1occc1SCC(=O)Nc1ccccc1C(=O)NC1CC1. The average Bonchev–Trinajstić information content (AvgIpc) is 3.25. The van der Waals surface area contributed by atoms with Crippen molar-refractivity contribution in [2.24, 2.45) is 0 Å². The molecular weight excluding hydrogens is 312 g/mol. The van der Waals surface area contributed by atoms with Gasteiger partial charge >= 0.3 is 0 Å². The number of carbonyl (C=O) groups is 2. The number of carbonyl (C=O) groups excluding carboxylic acids is 2. The van der Waals surface area contributed by atoms with E-state index in [0.29, 0.717) is 11.3 Å². The maximum absolute atomic E-state index is 12.2. The number of furan rings is 1. The van der Waals surface area contributed by atoms with E-state index in [4.69, 9.17) is 4.42 Å². The third kappa shape index (κ3) is 4.16. The molecule has 0 spiro atoms. The number of benzene rings is 1. The van der Waals surface area contributed by atoms with E-state index in [-0.39, 0.29) is 23.6 Å². The highest BCUT2D eigenvalue weighted by molar-refractivity contribution is 8.00. The Hall–Kier alpha value is -2.21. The highest BCUT2D eigenvalue weighted by Crippen LogP contribution is 2.24. The Morgan fingerprint density at radius 3 is 2.74 bits per heavy atom. The third-order valence-corrected chi connectivity index (χ3v) is 4.67. The largest absolute Gasteiger partial charge is 0.468 e. The van der Waals surface area contributed by atoms with E-state index in [2.05, 4.69) is 10.6 Å². The summed E-state index contributed by atoms with van der Waals surface area (Å²) in [5.41, 5.74) is 1.04. The molecule has 5 nitrogen and oxygen atoms in total. The molecule has 1 aliphatic rings. The van der Waals surface area contributed by atoms with Gasteiger partial charge in [-0.05, 0) is 38.0 Å². The van der Waals surface area contributed by atoms with E-state index in [9.17, 15) is 9.59 Å². The minimum Gasteiger partial charge on any atom is -0.468 e. The molecule has 3 rings (SSSR count). The number of para-hydroxylation sites is 1. The second-order valence-electron chi connectivity index (χ2n) is 5.47. The molecule has 2 aromatic rings. The lowest BCUT2D eigenvalue weighted by molar-refractivity contribution is -0.113. The van der Waals surface area contributed by atoms with Gasteiger partial charge in [0.05, 0.1) is 23.3 Å². The summed E-state index contributed by atoms with van der Waals surface area (Å²) in [5.74, 6) is 0.773. The first-order valence-electron chi connectivity index (χ1n) is 7.50. The molecule has 0 radical (unpaired) electrons. The smallest absolute Gasteiger partial charge is 0.253 e. The van der Waals surface area contributed by atoms with Crippen LogP contribution in [0.4, 0.5) is 5.69 Å². The van der Waals surface area contributed by atoms with Gasteiger partial charge in [0, 0.05) is 10.9 Å². The molecule has 1 aromatic carbocycles. The lowest BCUT2D eigenvalue weighted by Gasteiger charge is -2.11. The van der Waals surface area contributed by atoms with Crippen molar-refractivity contribution in [1.29, 1.82) is 0 Å². The van der Waals surface area contributed by atoms with E-state index < -0.39 is 0 Å². The first-order chi connectivity index (χ1) is 11.1. The Kier molecular flexibility index (Phi) is 4.71. The molecule has 23 heavy (non-hydrogen) atoms. The number of hydrogen-bond acceptors (Lipinski definition) is 4. The van der Waals surface area contributed by atoms with E-state index in [1.165, 1.54) is 11.8 Å². The van der Waals surface area contributed by atoms with Crippen LogP contribution in [-0.4, -0.2) is 23.6 Å². The Balaban J connectivity index is 1.61. The van der Waals surface area contributed by atoms with Gasteiger partial charge in [-0.3, -0.25) is 9.59 Å². The Morgan fingerprint density at radius 2 is 2.04 bits per heavy atom. The van der Waals surface area contributed by atoms with E-state index in [1.54, 1.807) is 30.5 Å². The summed E-state index contributed by atoms with van der Waals surface area (Å²) in [6, 6.07) is 9.18. The van der Waals surface area contributed by atoms with Gasteiger partial charge in [0.2, 0.25) is 5.91 Å². The highest BCUT2D eigenvalue weighted by Gasteiger charge is 2.25. The number of thioether (sulfide) groups is 1. The summed E-state index contributed by atoms with van der Waals surface area (Å²) < 4.78 is 5.20. The van der Waals surface area contributed by atoms with Crippen LogP contribution in [0, 0.1) is 6.92 Å². The maximum Gasteiger partial charge on any atom is 0.253 e. The van der Waals surface area contributed by atoms with Crippen molar-refractivity contribution in [3.63, 3.8) is 0 Å². The molecule has 120 valence electrons. The van der Waals surface area contributed by atoms with E-state index in [0.717, 1.165) is 23.5 Å². The zero-order valence-corrected chi connectivity index (χ0v) is 13.6. The predicted molar refractivity (Wildman–Crippen MR) is 89.7 cm³/mol. The van der Waals surface area contributed by atoms with Crippen molar-refractivity contribution in [1.82, 2.24) is 5.32 Å². The zero-order valence-electron chi connectivity index (χ0n) is 12.8. The van der Waals surface area contributed by atoms with Crippen LogP contribution in [0.3, 0.4) is 0 Å². The van der Waals surface area contributed by atoms with Gasteiger partial charge < -0.3 is 15.1 Å². The van der Waals surface area contributed by atoms with Crippen molar-refractivity contribution in [3.05, 3.63) is 47.9 Å². The second-order valence-corrected chi connectivity index (χ2v) is 6.49. The summed E-state index contributed by atoms with van der Waals surface area (Å²) in [6.07, 6.45) is 3.66. The monoisotopic (exact) mass is 330 g/mol. The van der Waals surface area contributed by atoms with Crippen LogP contribution in [0.15, 0.2) is 45.9 Å². The molecule has 2 N–H and O–H groups in total. The molecule has 6 heteroatoms. The molecule has 1 fully saturated rings. The van der Waals surface area contributed by atoms with Crippen LogP contribution in [0.5, 0.6) is 0 Å². The fourth-order valence-corrected chi connectivity index (χ4v) is 2.90. The van der Waals surface area contributed by atoms with Crippen molar-refractivity contribution in [2.75, 3.05) is 11.1 Å². The minimum absolute atomic E-state index is 0.137. The summed E-state index contributed by atoms with van der Waals surface area (Å²) in [6.45, 7) is 1.86. The van der Waals surface area contributed by atoms with Crippen molar-refractivity contribution in [3.8, 4) is 0 Å². The van der Waals surface area contributed by atoms with Crippen LogP contribution < -0.4 is 10.6 Å². The van der Waals surface area contributed by atoms with Crippen LogP contribution in [0.25, 0.3) is 0 Å². The van der Waals surface area contributed by atoms with Crippen LogP contribution >= 0.6 is 11.8 Å². The molecule has 0 unspecified atom stereocenters. The van der Waals surface area contributed by atoms with E-state index >= 15 is 0 Å². The summed E-state index contributed by atoms with van der Waals surface area (Å²) >= 11 is 1.41. The molecule has 1 aromatic heterocycles. The maximum atomic E-state index is 12.2. The minimum atomic E-state index is -0.151. The van der Waals surface area contributed by atoms with Crippen molar-refractivity contribution in [2.45, 2.75) is 30.7 Å². The lowest BCUT2D eigenvalue weighted by Crippen LogP contribution is -2.27. The normalized spacial score (nSPS) is 13.6. The Morgan fingerprint density at radius 1 is 1.26 bits per heavy atom. The number of hydrogen-bond donors (Lipinski definition) is 2. The van der Waals surface area contributed by atoms with Gasteiger partial charge in [0.25, 0.3) is 5.91 Å². The van der Waals surface area contributed by atoms with Gasteiger partial charge in [-0.1, -0.05) is 12.1 Å². The van der Waals surface area contributed by atoms with Crippen LogP contribution in [0.2, 0.25) is 0 Å². The zero-order chi connectivity index (χ0) is 16.2. The Bertz CT molecular complexity index is 722. The first-order valence-corrected chi connectivity index (χ1v) is 8.48. The van der Waals surface area contributed by atoms with Crippen molar-refractivity contribution < 1.29 is 14.0 Å². The molecule has 1 saturated carbocycles. The molecule has 0 aliphatic heterocycles. The lowest BCUT2D eigenvalue weighted by atomic mass is 10.1. The van der Waals surface area contributed by atoms with Gasteiger partial charge in [0.1, 0.15) is 5.76 Å². The Labute approximate surface area is 138 Å². The molecule has 1 aliphatic carbocycles. The fraction of sp³-hybridized carbons (Fsp3) is 0.294. The molecule has 0 bridgehead atoms. The number of nitrogens with one attached hydrogen (secondary N) is 2. The molecule has 0 atom stereocenters. The number of anilines is 1. The van der Waals surface area contributed by atoms with Crippen LogP contribution in [-0.2, 0) is 4.79 Å². The topological polar surface area (TPSA) is 71.3 Å². The first kappa shape index (κ1) is 15.7. The standard InChI is InChI=1S/C17H18N2O3S/c1-11-15(8-9-22-11)23-10-16(20)19-14-5-3-2-4-13(14)17(21)18-12-6-7-12/h2-5,8-9,12H,6-7,10H2,1H3,(H,18,21)(H,19,20). The summed E-state index contributed by atoms with van der Waals surface area (Å²) in [7, 11) is 0. The predicted octanol–water partition coefficient (Wildman–Crippen LogP) is 3.21. The molecule has 1 heterocycles. The third-order valence-electron chi connectivity index (χ3n) is 3.53. The fourth-order valence-electron chi connectivity index (χ4n) is 2.13. The second kappa shape index (κ2) is 6.91. The summed E-state index contributed by atoms with van der Waals surface area (Å²) in [5, 5.41) is 5.75. The van der Waals surface area contributed by atoms with Gasteiger partial charge in [-0.25, -0.2) is 0 Å². The average molecular weight is 330 g/mol. The molecule has 2 amide bonds. The number of rotatable bonds is 6. The molecule has 0 saturated heterocycles. The van der Waals surface area contributed by atoms with Gasteiger partial charge in [-0.2, -0.15) is 0 Å². The highest BCUT2D eigenvalue weighted by atomic mass is 32.2. The van der Waals surface area contributed by atoms with Gasteiger partial charge in [0.15, 0.2) is 0 Å². The number of amides is 2. The van der Waals surface area contributed by atoms with Crippen LogP contribution in [0.1, 0.15) is 29.0 Å². The quantitative estimate of drug-likeness (QED) is 0.798. The summed E-state index contributed by atoms with van der Waals surface area (Å²) in [4.78, 5) is 25.3. The van der Waals surface area contributed by atoms with Crippen molar-refractivity contribution >= 4 is 29.3 Å². The van der Waals surface area contributed by atoms with E-state index in [1.807, 2.05) is 13.0 Å². The van der Waals surface area contributed by atoms with Gasteiger partial charge in [-0.15, -0.1) is 11.8 Å². The molecular formula is C17H18N2O3S.